The molecular formula is C30H36N4O4S. The van der Waals surface area contributed by atoms with E-state index in [9.17, 15) is 14.7 Å². The summed E-state index contributed by atoms with van der Waals surface area (Å²) < 4.78 is 5.86. The Hall–Kier alpha value is -3.27. The van der Waals surface area contributed by atoms with Gasteiger partial charge in [-0.15, -0.1) is 11.3 Å². The van der Waals surface area contributed by atoms with Crippen molar-refractivity contribution in [3.05, 3.63) is 64.5 Å². The number of anilines is 2. The Morgan fingerprint density at radius 3 is 2.72 bits per heavy atom. The van der Waals surface area contributed by atoms with Gasteiger partial charge in [0.05, 0.1) is 30.6 Å². The Balaban J connectivity index is 1.16. The standard InChI is InChI=1S/C30H36N4O4S/c1-19-16-34(17-20(2)38-19)25-7-3-6-23(14-25)27-18-39-30(32-27)33-28(36)15-31-29(37)24-10-9-21-11-12-26(35)8-4-5-22(21)13-24/h3,6-7,9-10,13-14,18-20,26,35H,4-5,8,11-12,15-17H2,1-2H3,(H,31,37)(H,32,33,36)/t19-,20+,26-/m0/s1. The van der Waals surface area contributed by atoms with E-state index in [-0.39, 0.29) is 36.7 Å². The number of morpholine rings is 1. The lowest BCUT2D eigenvalue weighted by molar-refractivity contribution is -0.115. The van der Waals surface area contributed by atoms with Crippen LogP contribution in [0.3, 0.4) is 0 Å². The summed E-state index contributed by atoms with van der Waals surface area (Å²) in [6.45, 7) is 5.72. The molecule has 2 amide bonds. The van der Waals surface area contributed by atoms with Crippen LogP contribution in [-0.4, -0.2) is 59.9 Å². The summed E-state index contributed by atoms with van der Waals surface area (Å²) in [5.41, 5.74) is 5.78. The van der Waals surface area contributed by atoms with Crippen LogP contribution in [0.1, 0.15) is 54.6 Å². The second-order valence-corrected chi connectivity index (χ2v) is 11.4. The third kappa shape index (κ3) is 7.03. The van der Waals surface area contributed by atoms with Gasteiger partial charge in [-0.3, -0.25) is 9.59 Å². The number of carbonyl (C=O) groups is 2. The van der Waals surface area contributed by atoms with Crippen molar-refractivity contribution < 1.29 is 19.4 Å². The Morgan fingerprint density at radius 2 is 1.90 bits per heavy atom. The number of nitrogens with one attached hydrogen (secondary N) is 2. The van der Waals surface area contributed by atoms with Gasteiger partial charge in [0.1, 0.15) is 0 Å². The molecule has 2 heterocycles. The zero-order valence-electron chi connectivity index (χ0n) is 22.5. The Morgan fingerprint density at radius 1 is 1.08 bits per heavy atom. The number of amides is 2. The van der Waals surface area contributed by atoms with Crippen LogP contribution in [-0.2, 0) is 22.4 Å². The SMILES string of the molecule is C[C@@H]1CN(c2cccc(-c3csc(NC(=O)CNC(=O)c4ccc5c(c4)CCC[C@H](O)CC5)n3)c2)C[C@H](C)O1. The molecule has 5 rings (SSSR count). The Labute approximate surface area is 233 Å². The van der Waals surface area contributed by atoms with Gasteiger partial charge in [0, 0.05) is 35.3 Å². The minimum Gasteiger partial charge on any atom is -0.393 e. The molecule has 2 aromatic carbocycles. The van der Waals surface area contributed by atoms with E-state index < -0.39 is 0 Å². The number of hydrogen-bond donors (Lipinski definition) is 3. The number of nitrogens with zero attached hydrogens (tertiary/aromatic N) is 2. The molecule has 0 radical (unpaired) electrons. The van der Waals surface area contributed by atoms with Crippen molar-refractivity contribution in [3.8, 4) is 11.3 Å². The molecule has 8 nitrogen and oxygen atoms in total. The number of aliphatic hydroxyl groups excluding tert-OH is 1. The number of ether oxygens (including phenoxy) is 1. The molecule has 3 aromatic rings. The maximum absolute atomic E-state index is 12.7. The zero-order valence-corrected chi connectivity index (χ0v) is 23.3. The van der Waals surface area contributed by atoms with E-state index in [2.05, 4.69) is 46.5 Å². The second kappa shape index (κ2) is 12.3. The third-order valence-electron chi connectivity index (χ3n) is 7.29. The number of aryl methyl sites for hydroxylation is 2. The lowest BCUT2D eigenvalue weighted by Crippen LogP contribution is -2.45. The molecule has 3 atom stereocenters. The largest absolute Gasteiger partial charge is 0.393 e. The molecule has 0 saturated carbocycles. The molecule has 2 aliphatic rings. The fraction of sp³-hybridized carbons (Fsp3) is 0.433. The predicted molar refractivity (Wildman–Crippen MR) is 154 cm³/mol. The first-order chi connectivity index (χ1) is 18.8. The normalized spacial score (nSPS) is 21.4. The van der Waals surface area contributed by atoms with E-state index in [1.54, 1.807) is 6.07 Å². The van der Waals surface area contributed by atoms with Crippen molar-refractivity contribution in [2.45, 2.75) is 64.3 Å². The minimum absolute atomic E-state index is 0.139. The summed E-state index contributed by atoms with van der Waals surface area (Å²) in [5.74, 6) is -0.604. The van der Waals surface area contributed by atoms with Crippen molar-refractivity contribution in [3.63, 3.8) is 0 Å². The fourth-order valence-corrected chi connectivity index (χ4v) is 6.11. The molecule has 1 fully saturated rings. The van der Waals surface area contributed by atoms with Crippen molar-refractivity contribution in [2.24, 2.45) is 0 Å². The average molecular weight is 549 g/mol. The number of hydrogen-bond acceptors (Lipinski definition) is 7. The maximum atomic E-state index is 12.7. The number of carbonyl (C=O) groups excluding carboxylic acids is 2. The number of rotatable bonds is 6. The summed E-state index contributed by atoms with van der Waals surface area (Å²) >= 11 is 1.36. The van der Waals surface area contributed by atoms with Gasteiger partial charge in [0.15, 0.2) is 5.13 Å². The van der Waals surface area contributed by atoms with Crippen LogP contribution in [0.25, 0.3) is 11.3 Å². The van der Waals surface area contributed by atoms with Gasteiger partial charge in [-0.25, -0.2) is 4.98 Å². The number of aliphatic hydroxyl groups is 1. The third-order valence-corrected chi connectivity index (χ3v) is 8.04. The van der Waals surface area contributed by atoms with E-state index in [4.69, 9.17) is 4.74 Å². The lowest BCUT2D eigenvalue weighted by Gasteiger charge is -2.37. The van der Waals surface area contributed by atoms with Gasteiger partial charge in [0.2, 0.25) is 5.91 Å². The van der Waals surface area contributed by atoms with Crippen molar-refractivity contribution in [1.29, 1.82) is 0 Å². The number of benzene rings is 2. The van der Waals surface area contributed by atoms with Crippen LogP contribution in [0, 0.1) is 0 Å². The average Bonchev–Trinajstić information content (AvgIpc) is 3.37. The summed E-state index contributed by atoms with van der Waals surface area (Å²) in [6.07, 6.45) is 4.18. The highest BCUT2D eigenvalue weighted by Crippen LogP contribution is 2.29. The van der Waals surface area contributed by atoms with E-state index >= 15 is 0 Å². The molecule has 1 aliphatic heterocycles. The first-order valence-electron chi connectivity index (χ1n) is 13.7. The van der Waals surface area contributed by atoms with Crippen LogP contribution < -0.4 is 15.5 Å². The van der Waals surface area contributed by atoms with E-state index in [1.165, 1.54) is 16.9 Å². The molecule has 1 aliphatic carbocycles. The van der Waals surface area contributed by atoms with E-state index in [0.29, 0.717) is 10.7 Å². The second-order valence-electron chi connectivity index (χ2n) is 10.5. The summed E-state index contributed by atoms with van der Waals surface area (Å²) in [4.78, 5) is 32.2. The minimum atomic E-state index is -0.325. The van der Waals surface area contributed by atoms with Gasteiger partial charge < -0.3 is 25.4 Å². The first-order valence-corrected chi connectivity index (χ1v) is 14.6. The van der Waals surface area contributed by atoms with Crippen molar-refractivity contribution >= 4 is 34.0 Å². The summed E-state index contributed by atoms with van der Waals surface area (Å²) in [7, 11) is 0. The molecule has 206 valence electrons. The van der Waals surface area contributed by atoms with Gasteiger partial charge in [-0.2, -0.15) is 0 Å². The topological polar surface area (TPSA) is 104 Å². The molecule has 3 N–H and O–H groups in total. The number of thiazole rings is 1. The number of aromatic nitrogens is 1. The molecule has 9 heteroatoms. The monoisotopic (exact) mass is 548 g/mol. The number of fused-ring (bicyclic) bond motifs is 1. The fourth-order valence-electron chi connectivity index (χ4n) is 5.38. The van der Waals surface area contributed by atoms with Gasteiger partial charge in [0.25, 0.3) is 5.91 Å². The molecule has 0 bridgehead atoms. The smallest absolute Gasteiger partial charge is 0.251 e. The van der Waals surface area contributed by atoms with E-state index in [1.807, 2.05) is 29.6 Å². The van der Waals surface area contributed by atoms with Crippen molar-refractivity contribution in [1.82, 2.24) is 10.3 Å². The lowest BCUT2D eigenvalue weighted by atomic mass is 9.91. The van der Waals surface area contributed by atoms with Crippen LogP contribution >= 0.6 is 11.3 Å². The van der Waals surface area contributed by atoms with Crippen molar-refractivity contribution in [2.75, 3.05) is 29.9 Å². The first kappa shape index (κ1) is 27.3. The molecule has 0 unspecified atom stereocenters. The Kier molecular flexibility index (Phi) is 8.60. The molecule has 39 heavy (non-hydrogen) atoms. The molecular weight excluding hydrogens is 512 g/mol. The van der Waals surface area contributed by atoms with Gasteiger partial charge >= 0.3 is 0 Å². The zero-order chi connectivity index (χ0) is 27.4. The highest BCUT2D eigenvalue weighted by Gasteiger charge is 2.23. The van der Waals surface area contributed by atoms with Crippen LogP contribution in [0.4, 0.5) is 10.8 Å². The Bertz CT molecular complexity index is 1320. The predicted octanol–water partition coefficient (Wildman–Crippen LogP) is 4.42. The van der Waals surface area contributed by atoms with Crippen LogP contribution in [0.5, 0.6) is 0 Å². The van der Waals surface area contributed by atoms with Crippen LogP contribution in [0.15, 0.2) is 47.8 Å². The van der Waals surface area contributed by atoms with Crippen LogP contribution in [0.2, 0.25) is 0 Å². The molecule has 1 saturated heterocycles. The van der Waals surface area contributed by atoms with Gasteiger partial charge in [-0.1, -0.05) is 18.2 Å². The van der Waals surface area contributed by atoms with E-state index in [0.717, 1.165) is 67.7 Å². The van der Waals surface area contributed by atoms with Gasteiger partial charge in [-0.05, 0) is 81.3 Å². The maximum Gasteiger partial charge on any atom is 0.251 e. The summed E-state index contributed by atoms with van der Waals surface area (Å²) in [6, 6.07) is 13.9. The summed E-state index contributed by atoms with van der Waals surface area (Å²) in [5, 5.41) is 17.9. The molecule has 0 spiro atoms. The molecule has 1 aromatic heterocycles. The quantitative estimate of drug-likeness (QED) is 0.421. The highest BCUT2D eigenvalue weighted by atomic mass is 32.1. The highest BCUT2D eigenvalue weighted by molar-refractivity contribution is 7.14.